The number of thioether (sulfide) groups is 1. The number of nitrogens with one attached hydrogen (secondary N) is 2. The number of aromatic nitrogens is 2. The minimum atomic E-state index is 0.194. The van der Waals surface area contributed by atoms with E-state index in [9.17, 15) is 0 Å². The van der Waals surface area contributed by atoms with Crippen molar-refractivity contribution in [2.75, 3.05) is 26.4 Å². The van der Waals surface area contributed by atoms with Gasteiger partial charge in [-0.2, -0.15) is 11.8 Å². The van der Waals surface area contributed by atoms with Crippen molar-refractivity contribution >= 4 is 23.4 Å². The average molecular weight is 319 g/mol. The fraction of sp³-hybridized carbons (Fsp3) is 0.500. The summed E-state index contributed by atoms with van der Waals surface area (Å²) in [4.78, 5) is 8.85. The zero-order chi connectivity index (χ0) is 16.0. The summed E-state index contributed by atoms with van der Waals surface area (Å²) < 4.78 is 2.24. The highest BCUT2D eigenvalue weighted by molar-refractivity contribution is 7.99. The molecule has 0 atom stereocenters. The second-order valence-corrected chi connectivity index (χ2v) is 7.28. The first kappa shape index (κ1) is 16.7. The molecule has 2 heterocycles. The van der Waals surface area contributed by atoms with Crippen LogP contribution in [-0.2, 0) is 6.42 Å². The smallest absolute Gasteiger partial charge is 0.191 e. The molecule has 6 heteroatoms. The Bertz CT molecular complexity index is 599. The third kappa shape index (κ3) is 4.66. The van der Waals surface area contributed by atoms with Gasteiger partial charge in [0.2, 0.25) is 0 Å². The van der Waals surface area contributed by atoms with Gasteiger partial charge in [0, 0.05) is 43.7 Å². The maximum atomic E-state index is 4.59. The molecule has 0 aliphatic heterocycles. The molecule has 0 aromatic carbocycles. The normalized spacial score (nSPS) is 12.6. The second-order valence-electron chi connectivity index (χ2n) is 5.76. The van der Waals surface area contributed by atoms with Gasteiger partial charge in [-0.25, -0.2) is 4.98 Å². The van der Waals surface area contributed by atoms with Crippen LogP contribution in [0.4, 0.5) is 0 Å². The van der Waals surface area contributed by atoms with Gasteiger partial charge in [-0.1, -0.05) is 6.07 Å². The molecule has 120 valence electrons. The molecule has 0 aliphatic rings. The predicted octanol–water partition coefficient (Wildman–Crippen LogP) is 2.18. The molecule has 0 fully saturated rings. The summed E-state index contributed by atoms with van der Waals surface area (Å²) in [5.41, 5.74) is 2.07. The van der Waals surface area contributed by atoms with Crippen LogP contribution in [0.15, 0.2) is 35.6 Å². The van der Waals surface area contributed by atoms with Crippen LogP contribution in [0, 0.1) is 0 Å². The summed E-state index contributed by atoms with van der Waals surface area (Å²) in [6, 6.07) is 6.03. The van der Waals surface area contributed by atoms with E-state index in [0.717, 1.165) is 36.8 Å². The Labute approximate surface area is 136 Å². The van der Waals surface area contributed by atoms with Gasteiger partial charge >= 0.3 is 0 Å². The molecule has 2 N–H and O–H groups in total. The van der Waals surface area contributed by atoms with Crippen molar-refractivity contribution in [2.45, 2.75) is 25.0 Å². The first-order chi connectivity index (χ1) is 10.5. The molecule has 0 unspecified atom stereocenters. The van der Waals surface area contributed by atoms with Gasteiger partial charge in [-0.3, -0.25) is 4.99 Å². The maximum absolute atomic E-state index is 4.59. The van der Waals surface area contributed by atoms with E-state index >= 15 is 0 Å². The van der Waals surface area contributed by atoms with E-state index in [-0.39, 0.29) is 4.75 Å². The van der Waals surface area contributed by atoms with Crippen LogP contribution in [-0.4, -0.2) is 46.5 Å². The fourth-order valence-electron chi connectivity index (χ4n) is 2.01. The molecule has 0 bridgehead atoms. The number of fused-ring (bicyclic) bond motifs is 1. The van der Waals surface area contributed by atoms with Crippen LogP contribution in [0.25, 0.3) is 5.65 Å². The molecular formula is C16H25N5S. The van der Waals surface area contributed by atoms with Gasteiger partial charge in [0.15, 0.2) is 5.96 Å². The average Bonchev–Trinajstić information content (AvgIpc) is 2.93. The largest absolute Gasteiger partial charge is 0.356 e. The third-order valence-corrected chi connectivity index (χ3v) is 4.79. The van der Waals surface area contributed by atoms with Crippen LogP contribution in [0.3, 0.4) is 0 Å². The Morgan fingerprint density at radius 1 is 1.36 bits per heavy atom. The SMILES string of the molecule is CN=C(NCCc1cn2ccccc2n1)NCC(C)(C)SC. The predicted molar refractivity (Wildman–Crippen MR) is 95.9 cm³/mol. The molecule has 2 aromatic heterocycles. The minimum Gasteiger partial charge on any atom is -0.356 e. The Hall–Kier alpha value is -1.69. The number of guanidine groups is 1. The van der Waals surface area contributed by atoms with E-state index in [1.165, 1.54) is 0 Å². The lowest BCUT2D eigenvalue weighted by atomic mass is 10.2. The van der Waals surface area contributed by atoms with Crippen molar-refractivity contribution in [3.63, 3.8) is 0 Å². The summed E-state index contributed by atoms with van der Waals surface area (Å²) >= 11 is 1.84. The van der Waals surface area contributed by atoms with Crippen molar-refractivity contribution in [3.05, 3.63) is 36.3 Å². The molecule has 0 saturated carbocycles. The molecule has 0 amide bonds. The van der Waals surface area contributed by atoms with Crippen molar-refractivity contribution in [2.24, 2.45) is 4.99 Å². The minimum absolute atomic E-state index is 0.194. The van der Waals surface area contributed by atoms with Gasteiger partial charge in [0.25, 0.3) is 0 Å². The van der Waals surface area contributed by atoms with E-state index in [2.05, 4.69) is 46.9 Å². The Balaban J connectivity index is 1.81. The zero-order valence-corrected chi connectivity index (χ0v) is 14.6. The van der Waals surface area contributed by atoms with Crippen LogP contribution in [0.1, 0.15) is 19.5 Å². The lowest BCUT2D eigenvalue weighted by Gasteiger charge is -2.23. The number of rotatable bonds is 6. The number of hydrogen-bond acceptors (Lipinski definition) is 3. The van der Waals surface area contributed by atoms with Gasteiger partial charge in [-0.15, -0.1) is 0 Å². The van der Waals surface area contributed by atoms with E-state index in [1.54, 1.807) is 7.05 Å². The van der Waals surface area contributed by atoms with Crippen LogP contribution >= 0.6 is 11.8 Å². The standard InChI is InChI=1S/C16H25N5S/c1-16(2,22-4)12-19-15(17-3)18-9-8-13-11-21-10-6-5-7-14(21)20-13/h5-7,10-11H,8-9,12H2,1-4H3,(H2,17,18,19). The quantitative estimate of drug-likeness (QED) is 0.633. The molecule has 22 heavy (non-hydrogen) atoms. The number of hydrogen-bond donors (Lipinski definition) is 2. The van der Waals surface area contributed by atoms with Crippen molar-refractivity contribution in [1.82, 2.24) is 20.0 Å². The van der Waals surface area contributed by atoms with Gasteiger partial charge in [0.1, 0.15) is 5.65 Å². The Kier molecular flexibility index (Phi) is 5.71. The molecule has 0 spiro atoms. The van der Waals surface area contributed by atoms with Gasteiger partial charge in [0.05, 0.1) is 5.69 Å². The van der Waals surface area contributed by atoms with Crippen molar-refractivity contribution < 1.29 is 0 Å². The molecule has 0 aliphatic carbocycles. The summed E-state index contributed by atoms with van der Waals surface area (Å²) in [5, 5.41) is 6.71. The number of aliphatic imine (C=N–C) groups is 1. The molecule has 0 radical (unpaired) electrons. The second kappa shape index (κ2) is 7.54. The molecule has 2 aromatic rings. The zero-order valence-electron chi connectivity index (χ0n) is 13.8. The van der Waals surface area contributed by atoms with E-state index in [0.29, 0.717) is 0 Å². The van der Waals surface area contributed by atoms with Gasteiger partial charge < -0.3 is 15.0 Å². The van der Waals surface area contributed by atoms with Crippen molar-refractivity contribution in [1.29, 1.82) is 0 Å². The first-order valence-corrected chi connectivity index (χ1v) is 8.69. The number of pyridine rings is 1. The molecule has 2 rings (SSSR count). The lowest BCUT2D eigenvalue weighted by Crippen LogP contribution is -2.43. The summed E-state index contributed by atoms with van der Waals surface area (Å²) in [7, 11) is 1.80. The van der Waals surface area contributed by atoms with E-state index in [1.807, 2.05) is 40.6 Å². The number of imidazole rings is 1. The van der Waals surface area contributed by atoms with Gasteiger partial charge in [-0.05, 0) is 32.2 Å². The summed E-state index contributed by atoms with van der Waals surface area (Å²) in [6.45, 7) is 6.12. The first-order valence-electron chi connectivity index (χ1n) is 7.46. The van der Waals surface area contributed by atoms with E-state index in [4.69, 9.17) is 0 Å². The van der Waals surface area contributed by atoms with Crippen LogP contribution in [0.2, 0.25) is 0 Å². The monoisotopic (exact) mass is 319 g/mol. The number of nitrogens with zero attached hydrogens (tertiary/aromatic N) is 3. The Morgan fingerprint density at radius 3 is 2.86 bits per heavy atom. The molecular weight excluding hydrogens is 294 g/mol. The summed E-state index contributed by atoms with van der Waals surface area (Å²) in [6.07, 6.45) is 7.09. The molecule has 5 nitrogen and oxygen atoms in total. The highest BCUT2D eigenvalue weighted by Crippen LogP contribution is 2.19. The third-order valence-electron chi connectivity index (χ3n) is 3.55. The van der Waals surface area contributed by atoms with Crippen LogP contribution in [0.5, 0.6) is 0 Å². The highest BCUT2D eigenvalue weighted by Gasteiger charge is 2.15. The summed E-state index contributed by atoms with van der Waals surface area (Å²) in [5.74, 6) is 0.839. The Morgan fingerprint density at radius 2 is 2.18 bits per heavy atom. The van der Waals surface area contributed by atoms with Crippen LogP contribution < -0.4 is 10.6 Å². The van der Waals surface area contributed by atoms with E-state index < -0.39 is 0 Å². The topological polar surface area (TPSA) is 53.7 Å². The fourth-order valence-corrected chi connectivity index (χ4v) is 2.22. The highest BCUT2D eigenvalue weighted by atomic mass is 32.2. The van der Waals surface area contributed by atoms with Crippen molar-refractivity contribution in [3.8, 4) is 0 Å². The maximum Gasteiger partial charge on any atom is 0.191 e. The molecule has 0 saturated heterocycles. The lowest BCUT2D eigenvalue weighted by molar-refractivity contribution is 0.663.